The van der Waals surface area contributed by atoms with Crippen molar-refractivity contribution in [1.29, 1.82) is 0 Å². The van der Waals surface area contributed by atoms with E-state index in [9.17, 15) is 18.0 Å². The number of pyridine rings is 1. The average molecular weight is 406 g/mol. The Kier molecular flexibility index (Phi) is 5.56. The van der Waals surface area contributed by atoms with Crippen molar-refractivity contribution in [2.75, 3.05) is 5.32 Å². The number of hydrogen-bond donors (Lipinski definition) is 2. The van der Waals surface area contributed by atoms with Gasteiger partial charge >= 0.3 is 6.18 Å². The van der Waals surface area contributed by atoms with Gasteiger partial charge in [-0.3, -0.25) is 4.79 Å². The highest BCUT2D eigenvalue weighted by atomic mass is 35.5. The van der Waals surface area contributed by atoms with Crippen LogP contribution in [0, 0.1) is 0 Å². The van der Waals surface area contributed by atoms with E-state index in [1.165, 1.54) is 24.4 Å². The highest BCUT2D eigenvalue weighted by molar-refractivity contribution is 6.30. The van der Waals surface area contributed by atoms with E-state index < -0.39 is 17.6 Å². The molecule has 0 radical (unpaired) electrons. The lowest BCUT2D eigenvalue weighted by molar-refractivity contribution is -0.137. The second-order valence-corrected chi connectivity index (χ2v) is 6.44. The number of amides is 1. The number of halogens is 4. The fourth-order valence-corrected chi connectivity index (χ4v) is 2.98. The van der Waals surface area contributed by atoms with Gasteiger partial charge in [0.2, 0.25) is 5.91 Å². The number of carbonyl (C=O) groups excluding carboxylic acids is 1. The topological polar surface area (TPSA) is 68.0 Å². The van der Waals surface area contributed by atoms with Gasteiger partial charge in [0, 0.05) is 28.9 Å². The van der Waals surface area contributed by atoms with Crippen LogP contribution in [0.4, 0.5) is 19.0 Å². The Hall–Kier alpha value is -3.06. The van der Waals surface area contributed by atoms with Gasteiger partial charge in [-0.15, -0.1) is 0 Å². The van der Waals surface area contributed by atoms with Crippen molar-refractivity contribution in [2.24, 2.45) is 5.73 Å². The summed E-state index contributed by atoms with van der Waals surface area (Å²) in [6.07, 6.45) is -3.18. The molecule has 0 aliphatic heterocycles. The second kappa shape index (κ2) is 7.90. The van der Waals surface area contributed by atoms with E-state index >= 15 is 0 Å². The van der Waals surface area contributed by atoms with Gasteiger partial charge < -0.3 is 11.1 Å². The summed E-state index contributed by atoms with van der Waals surface area (Å²) in [4.78, 5) is 15.5. The Morgan fingerprint density at radius 1 is 1.07 bits per heavy atom. The number of rotatable bonds is 5. The molecule has 1 heterocycles. The van der Waals surface area contributed by atoms with E-state index in [-0.39, 0.29) is 22.5 Å². The summed E-state index contributed by atoms with van der Waals surface area (Å²) >= 11 is 5.96. The smallest absolute Gasteiger partial charge is 0.366 e. The Morgan fingerprint density at radius 3 is 2.54 bits per heavy atom. The summed E-state index contributed by atoms with van der Waals surface area (Å²) in [5, 5.41) is 3.60. The van der Waals surface area contributed by atoms with Crippen LogP contribution in [0.25, 0.3) is 11.1 Å². The summed E-state index contributed by atoms with van der Waals surface area (Å²) in [6, 6.07) is 13.4. The van der Waals surface area contributed by atoms with Crippen LogP contribution in [0.3, 0.4) is 0 Å². The molecule has 4 nitrogen and oxygen atoms in total. The van der Waals surface area contributed by atoms with E-state index in [1.807, 2.05) is 6.07 Å². The van der Waals surface area contributed by atoms with Crippen molar-refractivity contribution in [3.05, 3.63) is 82.5 Å². The molecule has 0 bridgehead atoms. The minimum Gasteiger partial charge on any atom is -0.366 e. The van der Waals surface area contributed by atoms with Crippen molar-refractivity contribution >= 4 is 23.3 Å². The number of primary amides is 1. The van der Waals surface area contributed by atoms with Crippen molar-refractivity contribution < 1.29 is 18.0 Å². The molecule has 3 rings (SSSR count). The summed E-state index contributed by atoms with van der Waals surface area (Å²) in [5.41, 5.74) is 4.97. The molecular formula is C20H15ClF3N3O. The number of benzene rings is 2. The first-order valence-electron chi connectivity index (χ1n) is 8.20. The molecular weight excluding hydrogens is 391 g/mol. The minimum atomic E-state index is -4.67. The maximum absolute atomic E-state index is 13.6. The van der Waals surface area contributed by atoms with Crippen LogP contribution in [0.5, 0.6) is 0 Å². The van der Waals surface area contributed by atoms with Crippen LogP contribution < -0.4 is 11.1 Å². The molecule has 0 aliphatic rings. The van der Waals surface area contributed by atoms with Crippen LogP contribution >= 0.6 is 11.6 Å². The molecule has 144 valence electrons. The molecule has 8 heteroatoms. The largest absolute Gasteiger partial charge is 0.417 e. The fourth-order valence-electron chi connectivity index (χ4n) is 2.76. The standard InChI is InChI=1S/C20H15ClF3N3O/c21-14-4-1-3-12(9-14)11-27-19-16(5-2-8-26-19)15-7-6-13(18(25)28)10-17(15)20(22,23)24/h1-10H,11H2,(H2,25,28)(H,26,27). The lowest BCUT2D eigenvalue weighted by Gasteiger charge is -2.17. The third-order valence-electron chi connectivity index (χ3n) is 4.06. The number of anilines is 1. The van der Waals surface area contributed by atoms with Crippen LogP contribution in [0.1, 0.15) is 21.5 Å². The number of alkyl halides is 3. The van der Waals surface area contributed by atoms with Gasteiger partial charge in [-0.1, -0.05) is 29.8 Å². The maximum atomic E-state index is 13.6. The molecule has 0 unspecified atom stereocenters. The van der Waals surface area contributed by atoms with Crippen molar-refractivity contribution in [1.82, 2.24) is 4.98 Å². The average Bonchev–Trinajstić information content (AvgIpc) is 2.65. The summed E-state index contributed by atoms with van der Waals surface area (Å²) in [5.74, 6) is -0.651. The molecule has 1 aromatic heterocycles. The first kappa shape index (κ1) is 19.7. The molecule has 0 atom stereocenters. The molecule has 0 spiro atoms. The molecule has 3 aromatic rings. The molecule has 2 aromatic carbocycles. The van der Waals surface area contributed by atoms with E-state index in [2.05, 4.69) is 10.3 Å². The number of nitrogens with zero attached hydrogens (tertiary/aromatic N) is 1. The Labute approximate surface area is 164 Å². The zero-order valence-corrected chi connectivity index (χ0v) is 15.2. The van der Waals surface area contributed by atoms with E-state index in [0.29, 0.717) is 11.6 Å². The van der Waals surface area contributed by atoms with Crippen LogP contribution in [-0.2, 0) is 12.7 Å². The molecule has 28 heavy (non-hydrogen) atoms. The lowest BCUT2D eigenvalue weighted by atomic mass is 9.97. The first-order chi connectivity index (χ1) is 13.3. The van der Waals surface area contributed by atoms with E-state index in [0.717, 1.165) is 11.6 Å². The van der Waals surface area contributed by atoms with Gasteiger partial charge in [0.1, 0.15) is 5.82 Å². The Balaban J connectivity index is 2.01. The van der Waals surface area contributed by atoms with Crippen molar-refractivity contribution in [3.63, 3.8) is 0 Å². The molecule has 0 aliphatic carbocycles. The molecule has 0 saturated heterocycles. The van der Waals surface area contributed by atoms with Crippen molar-refractivity contribution in [3.8, 4) is 11.1 Å². The number of nitrogens with one attached hydrogen (secondary N) is 1. The number of carbonyl (C=O) groups is 1. The van der Waals surface area contributed by atoms with Crippen LogP contribution in [0.15, 0.2) is 60.8 Å². The number of aromatic nitrogens is 1. The zero-order chi connectivity index (χ0) is 20.3. The highest BCUT2D eigenvalue weighted by Gasteiger charge is 2.35. The monoisotopic (exact) mass is 405 g/mol. The third kappa shape index (κ3) is 4.43. The van der Waals surface area contributed by atoms with Crippen molar-refractivity contribution in [2.45, 2.75) is 12.7 Å². The predicted octanol–water partition coefficient (Wildman–Crippen LogP) is 5.13. The van der Waals surface area contributed by atoms with E-state index in [1.54, 1.807) is 24.3 Å². The molecule has 3 N–H and O–H groups in total. The maximum Gasteiger partial charge on any atom is 0.417 e. The fraction of sp³-hybridized carbons (Fsp3) is 0.100. The van der Waals surface area contributed by atoms with Gasteiger partial charge in [-0.05, 0) is 47.5 Å². The summed E-state index contributed by atoms with van der Waals surface area (Å²) in [6.45, 7) is 0.325. The predicted molar refractivity (Wildman–Crippen MR) is 102 cm³/mol. The lowest BCUT2D eigenvalue weighted by Crippen LogP contribution is -2.15. The van der Waals surface area contributed by atoms with Gasteiger partial charge in [0.25, 0.3) is 0 Å². The first-order valence-corrected chi connectivity index (χ1v) is 8.58. The summed E-state index contributed by atoms with van der Waals surface area (Å²) in [7, 11) is 0. The zero-order valence-electron chi connectivity index (χ0n) is 14.4. The van der Waals surface area contributed by atoms with Crippen LogP contribution in [-0.4, -0.2) is 10.9 Å². The van der Waals surface area contributed by atoms with Gasteiger partial charge in [-0.25, -0.2) is 4.98 Å². The highest BCUT2D eigenvalue weighted by Crippen LogP contribution is 2.39. The third-order valence-corrected chi connectivity index (χ3v) is 4.29. The van der Waals surface area contributed by atoms with Gasteiger partial charge in [0.15, 0.2) is 0 Å². The number of hydrogen-bond acceptors (Lipinski definition) is 3. The van der Waals surface area contributed by atoms with Crippen LogP contribution in [0.2, 0.25) is 5.02 Å². The SMILES string of the molecule is NC(=O)c1ccc(-c2cccnc2NCc2cccc(Cl)c2)c(C(F)(F)F)c1. The van der Waals surface area contributed by atoms with Gasteiger partial charge in [-0.2, -0.15) is 13.2 Å². The molecule has 1 amide bonds. The Bertz CT molecular complexity index is 1020. The Morgan fingerprint density at radius 2 is 1.86 bits per heavy atom. The summed E-state index contributed by atoms with van der Waals surface area (Å²) < 4.78 is 40.8. The van der Waals surface area contributed by atoms with E-state index in [4.69, 9.17) is 17.3 Å². The molecule has 0 saturated carbocycles. The number of nitrogens with two attached hydrogens (primary N) is 1. The second-order valence-electron chi connectivity index (χ2n) is 6.01. The van der Waals surface area contributed by atoms with Gasteiger partial charge in [0.05, 0.1) is 5.56 Å². The molecule has 0 fully saturated rings. The minimum absolute atomic E-state index is 0.0980. The normalized spacial score (nSPS) is 11.3. The quantitative estimate of drug-likeness (QED) is 0.618.